The number of aromatic nitrogens is 2. The predicted molar refractivity (Wildman–Crippen MR) is 39.3 cm³/mol. The van der Waals surface area contributed by atoms with Crippen molar-refractivity contribution in [3.05, 3.63) is 24.5 Å². The molecule has 0 saturated heterocycles. The van der Waals surface area contributed by atoms with Gasteiger partial charge < -0.3 is 10.7 Å². The molecule has 0 unspecified atom stereocenters. The number of fused-ring (bicyclic) bond motifs is 1. The molecule has 1 radical (unpaired) electrons. The van der Waals surface area contributed by atoms with Gasteiger partial charge in [0.2, 0.25) is 0 Å². The molecule has 2 aromatic rings. The molecule has 3 nitrogen and oxygen atoms in total. The molecule has 10 heavy (non-hydrogen) atoms. The zero-order valence-corrected chi connectivity index (χ0v) is 5.26. The van der Waals surface area contributed by atoms with Crippen molar-refractivity contribution in [1.82, 2.24) is 9.97 Å². The van der Waals surface area contributed by atoms with Gasteiger partial charge in [-0.25, -0.2) is 4.98 Å². The van der Waals surface area contributed by atoms with Gasteiger partial charge in [-0.15, -0.1) is 0 Å². The second-order valence-electron chi connectivity index (χ2n) is 2.06. The van der Waals surface area contributed by atoms with E-state index in [1.54, 1.807) is 6.20 Å². The summed E-state index contributed by atoms with van der Waals surface area (Å²) in [6.45, 7) is 0. The number of rotatable bonds is 0. The first-order valence-electron chi connectivity index (χ1n) is 2.97. The van der Waals surface area contributed by atoms with Gasteiger partial charge in [0.1, 0.15) is 5.65 Å². The lowest BCUT2D eigenvalue weighted by atomic mass is 10.3. The molecule has 2 rings (SSSR count). The monoisotopic (exact) mass is 132 g/mol. The van der Waals surface area contributed by atoms with Crippen LogP contribution in [0.4, 0.5) is 5.69 Å². The topological polar surface area (TPSA) is 54.7 Å². The number of aromatic amines is 1. The van der Waals surface area contributed by atoms with E-state index < -0.39 is 0 Å². The fourth-order valence-electron chi connectivity index (χ4n) is 0.929. The number of nitrogens with two attached hydrogens (primary N) is 1. The second-order valence-corrected chi connectivity index (χ2v) is 2.06. The van der Waals surface area contributed by atoms with Gasteiger partial charge in [0.25, 0.3) is 0 Å². The van der Waals surface area contributed by atoms with Crippen LogP contribution in [0.2, 0.25) is 0 Å². The lowest BCUT2D eigenvalue weighted by Gasteiger charge is -1.90. The van der Waals surface area contributed by atoms with Crippen molar-refractivity contribution >= 4 is 16.7 Å². The molecule has 0 aromatic carbocycles. The molecule has 0 amide bonds. The van der Waals surface area contributed by atoms with Crippen molar-refractivity contribution in [2.75, 3.05) is 5.73 Å². The molecular weight excluding hydrogens is 126 g/mol. The molecule has 0 bridgehead atoms. The summed E-state index contributed by atoms with van der Waals surface area (Å²) in [5.74, 6) is 0. The van der Waals surface area contributed by atoms with Crippen LogP contribution in [-0.2, 0) is 0 Å². The van der Waals surface area contributed by atoms with Gasteiger partial charge in [0.15, 0.2) is 0 Å². The van der Waals surface area contributed by atoms with Gasteiger partial charge in [-0.05, 0) is 6.07 Å². The zero-order chi connectivity index (χ0) is 6.97. The Morgan fingerprint density at radius 3 is 3.30 bits per heavy atom. The van der Waals surface area contributed by atoms with Gasteiger partial charge >= 0.3 is 0 Å². The summed E-state index contributed by atoms with van der Waals surface area (Å²) in [5.41, 5.74) is 7.05. The molecular formula is C7H6N3. The summed E-state index contributed by atoms with van der Waals surface area (Å²) in [6.07, 6.45) is 3.37. The Morgan fingerprint density at radius 1 is 1.60 bits per heavy atom. The number of nitrogens with zero attached hydrogens (tertiary/aromatic N) is 1. The number of nitrogen functional groups attached to an aromatic ring is 1. The minimum atomic E-state index is 0.645. The number of anilines is 1. The van der Waals surface area contributed by atoms with Gasteiger partial charge in [0, 0.05) is 23.8 Å². The summed E-state index contributed by atoms with van der Waals surface area (Å²) in [4.78, 5) is 6.96. The SMILES string of the molecule is Nc1[c]cnc2[nH]ccc12. The molecule has 0 atom stereocenters. The highest BCUT2D eigenvalue weighted by molar-refractivity contribution is 5.87. The fraction of sp³-hybridized carbons (Fsp3) is 0. The molecule has 2 aromatic heterocycles. The Morgan fingerprint density at radius 2 is 2.50 bits per heavy atom. The lowest BCUT2D eigenvalue weighted by molar-refractivity contribution is 1.32. The minimum Gasteiger partial charge on any atom is -0.398 e. The number of pyridine rings is 1. The molecule has 0 aliphatic carbocycles. The smallest absolute Gasteiger partial charge is 0.139 e. The van der Waals surface area contributed by atoms with Crippen LogP contribution in [0, 0.1) is 6.07 Å². The largest absolute Gasteiger partial charge is 0.398 e. The third-order valence-corrected chi connectivity index (χ3v) is 1.43. The average Bonchev–Trinajstić information content (AvgIpc) is 2.36. The van der Waals surface area contributed by atoms with Crippen molar-refractivity contribution in [3.8, 4) is 0 Å². The molecule has 0 aliphatic rings. The number of nitrogens with one attached hydrogen (secondary N) is 1. The summed E-state index contributed by atoms with van der Waals surface area (Å²) in [6, 6.07) is 4.69. The Balaban J connectivity index is 2.95. The maximum Gasteiger partial charge on any atom is 0.139 e. The zero-order valence-electron chi connectivity index (χ0n) is 5.26. The molecule has 2 heterocycles. The van der Waals surface area contributed by atoms with Gasteiger partial charge in [-0.2, -0.15) is 0 Å². The highest BCUT2D eigenvalue weighted by Gasteiger charge is 1.96. The molecule has 3 N–H and O–H groups in total. The van der Waals surface area contributed by atoms with Crippen LogP contribution in [0.25, 0.3) is 11.0 Å². The minimum absolute atomic E-state index is 0.645. The summed E-state index contributed by atoms with van der Waals surface area (Å²) in [5, 5.41) is 0.933. The summed E-state index contributed by atoms with van der Waals surface area (Å²) >= 11 is 0. The van der Waals surface area contributed by atoms with Gasteiger partial charge in [0.05, 0.1) is 5.69 Å². The van der Waals surface area contributed by atoms with Crippen LogP contribution in [0.3, 0.4) is 0 Å². The van der Waals surface area contributed by atoms with Crippen molar-refractivity contribution in [1.29, 1.82) is 0 Å². The predicted octanol–water partition coefficient (Wildman–Crippen LogP) is 0.945. The second kappa shape index (κ2) is 1.73. The Kier molecular flexibility index (Phi) is 0.917. The van der Waals surface area contributed by atoms with Crippen molar-refractivity contribution in [2.45, 2.75) is 0 Å². The van der Waals surface area contributed by atoms with Crippen LogP contribution in [0.15, 0.2) is 18.5 Å². The van der Waals surface area contributed by atoms with Crippen molar-refractivity contribution < 1.29 is 0 Å². The van der Waals surface area contributed by atoms with Gasteiger partial charge in [-0.1, -0.05) is 0 Å². The normalized spacial score (nSPS) is 10.4. The number of H-pyrrole nitrogens is 1. The van der Waals surface area contributed by atoms with E-state index in [4.69, 9.17) is 5.73 Å². The van der Waals surface area contributed by atoms with E-state index in [0.717, 1.165) is 11.0 Å². The number of hydrogen-bond acceptors (Lipinski definition) is 2. The van der Waals surface area contributed by atoms with Crippen LogP contribution < -0.4 is 5.73 Å². The highest BCUT2D eigenvalue weighted by Crippen LogP contribution is 2.15. The van der Waals surface area contributed by atoms with E-state index in [1.807, 2.05) is 12.3 Å². The first kappa shape index (κ1) is 5.29. The summed E-state index contributed by atoms with van der Waals surface area (Å²) < 4.78 is 0. The third-order valence-electron chi connectivity index (χ3n) is 1.43. The van der Waals surface area contributed by atoms with E-state index in [-0.39, 0.29) is 0 Å². The van der Waals surface area contributed by atoms with E-state index in [2.05, 4.69) is 16.0 Å². The molecule has 0 fully saturated rings. The molecule has 0 spiro atoms. The molecule has 49 valence electrons. The first-order valence-corrected chi connectivity index (χ1v) is 2.97. The van der Waals surface area contributed by atoms with Crippen LogP contribution in [0.1, 0.15) is 0 Å². The average molecular weight is 132 g/mol. The van der Waals surface area contributed by atoms with E-state index in [9.17, 15) is 0 Å². The van der Waals surface area contributed by atoms with E-state index in [0.29, 0.717) is 5.69 Å². The van der Waals surface area contributed by atoms with Gasteiger partial charge in [-0.3, -0.25) is 0 Å². The maximum absolute atomic E-state index is 5.59. The Labute approximate surface area is 57.9 Å². The fourth-order valence-corrected chi connectivity index (χ4v) is 0.929. The summed E-state index contributed by atoms with van der Waals surface area (Å²) in [7, 11) is 0. The highest BCUT2D eigenvalue weighted by atomic mass is 14.8. The maximum atomic E-state index is 5.59. The molecule has 3 heteroatoms. The lowest BCUT2D eigenvalue weighted by Crippen LogP contribution is -1.86. The Bertz CT molecular complexity index is 350. The van der Waals surface area contributed by atoms with Crippen molar-refractivity contribution in [3.63, 3.8) is 0 Å². The standard InChI is InChI=1S/C7H6N3/c8-6-2-4-10-7-5(6)1-3-9-7/h1,3-4H,(H3,8,9,10). The number of hydrogen-bond donors (Lipinski definition) is 2. The first-order chi connectivity index (χ1) is 4.88. The Hall–Kier alpha value is -1.51. The van der Waals surface area contributed by atoms with Crippen LogP contribution >= 0.6 is 0 Å². The quantitative estimate of drug-likeness (QED) is 0.560. The van der Waals surface area contributed by atoms with Crippen LogP contribution in [0.5, 0.6) is 0 Å². The molecule has 0 saturated carbocycles. The van der Waals surface area contributed by atoms with E-state index >= 15 is 0 Å². The molecule has 0 aliphatic heterocycles. The van der Waals surface area contributed by atoms with E-state index in [1.165, 1.54) is 0 Å². The van der Waals surface area contributed by atoms with Crippen LogP contribution in [-0.4, -0.2) is 9.97 Å². The van der Waals surface area contributed by atoms with Crippen molar-refractivity contribution in [2.24, 2.45) is 0 Å². The third kappa shape index (κ3) is 0.572.